The summed E-state index contributed by atoms with van der Waals surface area (Å²) < 4.78 is 0.860. The SMILES string of the molecule is O=C1C(=O)N(Cc2ccsc2)c2cc(Br)ccc21. The van der Waals surface area contributed by atoms with Gasteiger partial charge in [-0.1, -0.05) is 15.9 Å². The molecule has 0 spiro atoms. The maximum atomic E-state index is 12.0. The molecule has 0 bridgehead atoms. The van der Waals surface area contributed by atoms with Gasteiger partial charge in [-0.05, 0) is 40.6 Å². The Morgan fingerprint density at radius 2 is 2.06 bits per heavy atom. The molecule has 3 rings (SSSR count). The Labute approximate surface area is 116 Å². The first-order valence-corrected chi connectivity index (χ1v) is 7.07. The summed E-state index contributed by atoms with van der Waals surface area (Å²) in [5, 5.41) is 3.94. The van der Waals surface area contributed by atoms with Gasteiger partial charge in [0, 0.05) is 4.47 Å². The molecule has 0 aliphatic carbocycles. The molecular formula is C13H8BrNO2S. The molecule has 2 heterocycles. The number of halogens is 1. The summed E-state index contributed by atoms with van der Waals surface area (Å²) in [5.74, 6) is -0.873. The van der Waals surface area contributed by atoms with Crippen molar-refractivity contribution in [2.24, 2.45) is 0 Å². The van der Waals surface area contributed by atoms with Crippen molar-refractivity contribution in [3.63, 3.8) is 0 Å². The molecule has 1 aliphatic heterocycles. The predicted molar refractivity (Wildman–Crippen MR) is 74.0 cm³/mol. The van der Waals surface area contributed by atoms with Gasteiger partial charge in [0.1, 0.15) is 0 Å². The van der Waals surface area contributed by atoms with E-state index in [1.165, 1.54) is 4.90 Å². The van der Waals surface area contributed by atoms with Gasteiger partial charge in [0.2, 0.25) is 0 Å². The number of nitrogens with zero attached hydrogens (tertiary/aromatic N) is 1. The predicted octanol–water partition coefficient (Wildman–Crippen LogP) is 3.24. The van der Waals surface area contributed by atoms with Crippen LogP contribution < -0.4 is 4.90 Å². The van der Waals surface area contributed by atoms with Crippen LogP contribution in [-0.4, -0.2) is 11.7 Å². The van der Waals surface area contributed by atoms with Gasteiger partial charge >= 0.3 is 0 Å². The number of hydrogen-bond donors (Lipinski definition) is 0. The van der Waals surface area contributed by atoms with Crippen molar-refractivity contribution in [2.75, 3.05) is 4.90 Å². The average molecular weight is 322 g/mol. The van der Waals surface area contributed by atoms with Crippen LogP contribution in [-0.2, 0) is 11.3 Å². The van der Waals surface area contributed by atoms with Crippen LogP contribution in [0.15, 0.2) is 39.5 Å². The summed E-state index contributed by atoms with van der Waals surface area (Å²) in [6, 6.07) is 7.23. The number of hydrogen-bond acceptors (Lipinski definition) is 3. The summed E-state index contributed by atoms with van der Waals surface area (Å²) >= 11 is 4.94. The number of anilines is 1. The molecule has 0 radical (unpaired) electrons. The Morgan fingerprint density at radius 1 is 1.22 bits per heavy atom. The molecule has 1 amide bonds. The van der Waals surface area contributed by atoms with Crippen LogP contribution >= 0.6 is 27.3 Å². The van der Waals surface area contributed by atoms with E-state index in [1.54, 1.807) is 23.5 Å². The second-order valence-electron chi connectivity index (χ2n) is 4.01. The highest BCUT2D eigenvalue weighted by atomic mass is 79.9. The first-order valence-electron chi connectivity index (χ1n) is 5.33. The third-order valence-corrected chi connectivity index (χ3v) is 4.08. The van der Waals surface area contributed by atoms with Crippen LogP contribution in [0.1, 0.15) is 15.9 Å². The molecule has 2 aromatic rings. The number of ketones is 1. The largest absolute Gasteiger partial charge is 0.300 e. The summed E-state index contributed by atoms with van der Waals surface area (Å²) in [7, 11) is 0. The van der Waals surface area contributed by atoms with E-state index in [9.17, 15) is 9.59 Å². The molecule has 0 saturated heterocycles. The van der Waals surface area contributed by atoms with E-state index in [-0.39, 0.29) is 0 Å². The van der Waals surface area contributed by atoms with Gasteiger partial charge in [-0.15, -0.1) is 0 Å². The highest BCUT2D eigenvalue weighted by Gasteiger charge is 2.35. The average Bonchev–Trinajstić information content (AvgIpc) is 2.93. The molecule has 1 aliphatic rings. The third kappa shape index (κ3) is 1.79. The normalized spacial score (nSPS) is 14.2. The minimum absolute atomic E-state index is 0.423. The highest BCUT2D eigenvalue weighted by Crippen LogP contribution is 2.32. The zero-order chi connectivity index (χ0) is 12.7. The number of amides is 1. The van der Waals surface area contributed by atoms with Crippen molar-refractivity contribution in [1.82, 2.24) is 0 Å². The number of thiophene rings is 1. The summed E-state index contributed by atoms with van der Waals surface area (Å²) in [6.45, 7) is 0.442. The fourth-order valence-corrected chi connectivity index (χ4v) is 3.00. The van der Waals surface area contributed by atoms with Gasteiger partial charge in [-0.3, -0.25) is 9.59 Å². The van der Waals surface area contributed by atoms with Crippen molar-refractivity contribution in [3.05, 3.63) is 50.6 Å². The van der Waals surface area contributed by atoms with Gasteiger partial charge in [0.15, 0.2) is 0 Å². The highest BCUT2D eigenvalue weighted by molar-refractivity contribution is 9.10. The first kappa shape index (κ1) is 11.6. The van der Waals surface area contributed by atoms with E-state index in [0.29, 0.717) is 17.8 Å². The number of fused-ring (bicyclic) bond motifs is 1. The molecule has 3 nitrogen and oxygen atoms in total. The lowest BCUT2D eigenvalue weighted by Crippen LogP contribution is -2.28. The van der Waals surface area contributed by atoms with Crippen LogP contribution in [0.25, 0.3) is 0 Å². The van der Waals surface area contributed by atoms with Gasteiger partial charge in [-0.2, -0.15) is 11.3 Å². The smallest absolute Gasteiger partial charge is 0.299 e. The molecule has 0 N–H and O–H groups in total. The van der Waals surface area contributed by atoms with Crippen molar-refractivity contribution in [1.29, 1.82) is 0 Å². The van der Waals surface area contributed by atoms with Gasteiger partial charge < -0.3 is 4.90 Å². The van der Waals surface area contributed by atoms with Crippen molar-refractivity contribution in [2.45, 2.75) is 6.54 Å². The van der Waals surface area contributed by atoms with E-state index in [1.807, 2.05) is 22.9 Å². The molecule has 0 saturated carbocycles. The second kappa shape index (κ2) is 4.33. The maximum absolute atomic E-state index is 12.0. The van der Waals surface area contributed by atoms with E-state index in [2.05, 4.69) is 15.9 Å². The van der Waals surface area contributed by atoms with E-state index in [4.69, 9.17) is 0 Å². The second-order valence-corrected chi connectivity index (χ2v) is 5.71. The monoisotopic (exact) mass is 321 g/mol. The summed E-state index contributed by atoms with van der Waals surface area (Å²) in [6.07, 6.45) is 0. The molecule has 1 aromatic carbocycles. The number of Topliss-reactive ketones (excluding diaryl/α,β-unsaturated/α-hetero) is 1. The Hall–Kier alpha value is -1.46. The van der Waals surface area contributed by atoms with Crippen LogP contribution in [0.4, 0.5) is 5.69 Å². The molecule has 1 aromatic heterocycles. The van der Waals surface area contributed by atoms with Crippen LogP contribution in [0.5, 0.6) is 0 Å². The Balaban J connectivity index is 2.03. The Bertz CT molecular complexity index is 636. The third-order valence-electron chi connectivity index (χ3n) is 2.86. The Kier molecular flexibility index (Phi) is 2.80. The van der Waals surface area contributed by atoms with E-state index < -0.39 is 11.7 Å². The summed E-state index contributed by atoms with van der Waals surface area (Å²) in [5.41, 5.74) is 2.21. The van der Waals surface area contributed by atoms with Crippen LogP contribution in [0.3, 0.4) is 0 Å². The quantitative estimate of drug-likeness (QED) is 0.796. The zero-order valence-corrected chi connectivity index (χ0v) is 11.6. The fraction of sp³-hybridized carbons (Fsp3) is 0.0769. The number of rotatable bonds is 2. The van der Waals surface area contributed by atoms with Crippen molar-refractivity contribution >= 4 is 44.6 Å². The molecular weight excluding hydrogens is 314 g/mol. The van der Waals surface area contributed by atoms with Crippen molar-refractivity contribution < 1.29 is 9.59 Å². The minimum atomic E-state index is -0.450. The van der Waals surface area contributed by atoms with Gasteiger partial charge in [-0.25, -0.2) is 0 Å². The number of carbonyl (C=O) groups excluding carboxylic acids is 2. The lowest BCUT2D eigenvalue weighted by atomic mass is 10.1. The van der Waals surface area contributed by atoms with Gasteiger partial charge in [0.05, 0.1) is 17.8 Å². The molecule has 18 heavy (non-hydrogen) atoms. The lowest BCUT2D eigenvalue weighted by molar-refractivity contribution is -0.114. The maximum Gasteiger partial charge on any atom is 0.299 e. The van der Waals surface area contributed by atoms with E-state index in [0.717, 1.165) is 10.0 Å². The number of carbonyl (C=O) groups is 2. The number of benzene rings is 1. The lowest BCUT2D eigenvalue weighted by Gasteiger charge is -2.15. The van der Waals surface area contributed by atoms with E-state index >= 15 is 0 Å². The molecule has 90 valence electrons. The minimum Gasteiger partial charge on any atom is -0.300 e. The molecule has 0 atom stereocenters. The molecule has 0 fully saturated rings. The standard InChI is InChI=1S/C13H8BrNO2S/c14-9-1-2-10-11(5-9)15(13(17)12(10)16)6-8-3-4-18-7-8/h1-5,7H,6H2. The fourth-order valence-electron chi connectivity index (χ4n) is 1.99. The van der Waals surface area contributed by atoms with Crippen LogP contribution in [0, 0.1) is 0 Å². The molecule has 5 heteroatoms. The summed E-state index contributed by atoms with van der Waals surface area (Å²) in [4.78, 5) is 25.3. The van der Waals surface area contributed by atoms with Crippen LogP contribution in [0.2, 0.25) is 0 Å². The van der Waals surface area contributed by atoms with Gasteiger partial charge in [0.25, 0.3) is 11.7 Å². The van der Waals surface area contributed by atoms with Crippen molar-refractivity contribution in [3.8, 4) is 0 Å². The first-order chi connectivity index (χ1) is 8.66. The Morgan fingerprint density at radius 3 is 2.78 bits per heavy atom. The topological polar surface area (TPSA) is 37.4 Å². The molecule has 0 unspecified atom stereocenters. The zero-order valence-electron chi connectivity index (χ0n) is 9.22.